The number of rotatable bonds is 1. The van der Waals surface area contributed by atoms with E-state index in [4.69, 9.17) is 5.73 Å². The first-order chi connectivity index (χ1) is 9.80. The summed E-state index contributed by atoms with van der Waals surface area (Å²) in [5.41, 5.74) is 8.61. The quantitative estimate of drug-likeness (QED) is 0.797. The van der Waals surface area contributed by atoms with Gasteiger partial charge in [-0.25, -0.2) is 0 Å². The SMILES string of the molecule is Cc1c(N)cccc1C(=O)N1CCCC(C(C)(C)C)CC1. The minimum atomic E-state index is 0.134. The molecule has 0 bridgehead atoms. The first-order valence-electron chi connectivity index (χ1n) is 7.95. The van der Waals surface area contributed by atoms with Crippen LogP contribution in [0.2, 0.25) is 0 Å². The highest BCUT2D eigenvalue weighted by Gasteiger charge is 2.29. The molecule has 1 aliphatic rings. The monoisotopic (exact) mass is 288 g/mol. The first-order valence-corrected chi connectivity index (χ1v) is 7.95. The number of hydrogen-bond donors (Lipinski definition) is 1. The highest BCUT2D eigenvalue weighted by atomic mass is 16.2. The van der Waals surface area contributed by atoms with E-state index in [1.807, 2.05) is 30.0 Å². The van der Waals surface area contributed by atoms with Crippen LogP contribution >= 0.6 is 0 Å². The molecular formula is C18H28N2O. The molecule has 1 aliphatic heterocycles. The summed E-state index contributed by atoms with van der Waals surface area (Å²) in [6.45, 7) is 10.6. The Bertz CT molecular complexity index is 516. The molecule has 0 aliphatic carbocycles. The van der Waals surface area contributed by atoms with Gasteiger partial charge in [0.25, 0.3) is 5.91 Å². The van der Waals surface area contributed by atoms with Gasteiger partial charge >= 0.3 is 0 Å². The number of carbonyl (C=O) groups is 1. The highest BCUT2D eigenvalue weighted by molar-refractivity contribution is 5.96. The summed E-state index contributed by atoms with van der Waals surface area (Å²) in [7, 11) is 0. The number of nitrogens with two attached hydrogens (primary N) is 1. The second kappa shape index (κ2) is 6.08. The Kier molecular flexibility index (Phi) is 4.60. The zero-order valence-corrected chi connectivity index (χ0v) is 13.8. The average Bonchev–Trinajstić information content (AvgIpc) is 2.66. The topological polar surface area (TPSA) is 46.3 Å². The van der Waals surface area contributed by atoms with Crippen LogP contribution in [-0.4, -0.2) is 23.9 Å². The number of likely N-dealkylation sites (tertiary alicyclic amines) is 1. The van der Waals surface area contributed by atoms with E-state index in [1.165, 1.54) is 6.42 Å². The minimum Gasteiger partial charge on any atom is -0.398 e. The lowest BCUT2D eigenvalue weighted by atomic mass is 9.77. The van der Waals surface area contributed by atoms with Crippen LogP contribution in [0.3, 0.4) is 0 Å². The van der Waals surface area contributed by atoms with E-state index in [9.17, 15) is 4.79 Å². The number of carbonyl (C=O) groups excluding carboxylic acids is 1. The van der Waals surface area contributed by atoms with Crippen LogP contribution in [0.25, 0.3) is 0 Å². The number of hydrogen-bond acceptors (Lipinski definition) is 2. The van der Waals surface area contributed by atoms with Gasteiger partial charge in [-0.1, -0.05) is 26.8 Å². The van der Waals surface area contributed by atoms with Gasteiger partial charge in [0.15, 0.2) is 0 Å². The molecule has 0 radical (unpaired) electrons. The van der Waals surface area contributed by atoms with Crippen molar-refractivity contribution in [1.29, 1.82) is 0 Å². The van der Waals surface area contributed by atoms with Gasteiger partial charge in [0, 0.05) is 24.3 Å². The van der Waals surface area contributed by atoms with Crippen molar-refractivity contribution in [3.05, 3.63) is 29.3 Å². The molecule has 1 atom stereocenters. The second-order valence-corrected chi connectivity index (χ2v) is 7.31. The second-order valence-electron chi connectivity index (χ2n) is 7.31. The third-order valence-electron chi connectivity index (χ3n) is 4.85. The summed E-state index contributed by atoms with van der Waals surface area (Å²) in [4.78, 5) is 14.8. The predicted molar refractivity (Wildman–Crippen MR) is 88.3 cm³/mol. The van der Waals surface area contributed by atoms with Crippen LogP contribution in [0.4, 0.5) is 5.69 Å². The van der Waals surface area contributed by atoms with E-state index < -0.39 is 0 Å². The largest absolute Gasteiger partial charge is 0.398 e. The Hall–Kier alpha value is -1.51. The maximum Gasteiger partial charge on any atom is 0.254 e. The van der Waals surface area contributed by atoms with Gasteiger partial charge in [-0.2, -0.15) is 0 Å². The Morgan fingerprint density at radius 2 is 1.95 bits per heavy atom. The fourth-order valence-electron chi connectivity index (χ4n) is 3.22. The van der Waals surface area contributed by atoms with Gasteiger partial charge in [-0.05, 0) is 55.2 Å². The molecule has 3 heteroatoms. The Balaban J connectivity index is 2.12. The molecule has 1 fully saturated rings. The third-order valence-corrected chi connectivity index (χ3v) is 4.85. The Morgan fingerprint density at radius 1 is 1.24 bits per heavy atom. The van der Waals surface area contributed by atoms with Crippen molar-refractivity contribution >= 4 is 11.6 Å². The molecule has 3 nitrogen and oxygen atoms in total. The van der Waals surface area contributed by atoms with Crippen LogP contribution in [0.15, 0.2) is 18.2 Å². The number of nitrogen functional groups attached to an aromatic ring is 1. The van der Waals surface area contributed by atoms with Crippen LogP contribution in [0.1, 0.15) is 56.0 Å². The van der Waals surface area contributed by atoms with Gasteiger partial charge in [0.2, 0.25) is 0 Å². The highest BCUT2D eigenvalue weighted by Crippen LogP contribution is 2.34. The average molecular weight is 288 g/mol. The Morgan fingerprint density at radius 3 is 2.62 bits per heavy atom. The normalized spacial score (nSPS) is 20.2. The summed E-state index contributed by atoms with van der Waals surface area (Å²) in [5, 5.41) is 0. The molecule has 1 aromatic rings. The van der Waals surface area contributed by atoms with Gasteiger partial charge in [-0.15, -0.1) is 0 Å². The lowest BCUT2D eigenvalue weighted by molar-refractivity contribution is 0.0755. The Labute approximate surface area is 128 Å². The van der Waals surface area contributed by atoms with Crippen LogP contribution in [-0.2, 0) is 0 Å². The summed E-state index contributed by atoms with van der Waals surface area (Å²) in [5.74, 6) is 0.826. The van der Waals surface area contributed by atoms with E-state index in [0.29, 0.717) is 17.0 Å². The summed E-state index contributed by atoms with van der Waals surface area (Å²) in [6.07, 6.45) is 3.40. The maximum absolute atomic E-state index is 12.8. The molecule has 116 valence electrons. The van der Waals surface area contributed by atoms with Crippen molar-refractivity contribution in [2.75, 3.05) is 18.8 Å². The van der Waals surface area contributed by atoms with Gasteiger partial charge < -0.3 is 10.6 Å². The standard InChI is InChI=1S/C18H28N2O/c1-13-15(8-5-9-16(13)19)17(21)20-11-6-7-14(10-12-20)18(2,3)4/h5,8-9,14H,6-7,10-12,19H2,1-4H3. The fraction of sp³-hybridized carbons (Fsp3) is 0.611. The molecule has 2 N–H and O–H groups in total. The van der Waals surface area contributed by atoms with E-state index in [0.717, 1.165) is 37.1 Å². The molecule has 1 heterocycles. The summed E-state index contributed by atoms with van der Waals surface area (Å²) >= 11 is 0. The van der Waals surface area contributed by atoms with Crippen molar-refractivity contribution in [1.82, 2.24) is 4.90 Å². The zero-order chi connectivity index (χ0) is 15.6. The smallest absolute Gasteiger partial charge is 0.254 e. The van der Waals surface area contributed by atoms with E-state index >= 15 is 0 Å². The molecular weight excluding hydrogens is 260 g/mol. The van der Waals surface area contributed by atoms with Crippen LogP contribution < -0.4 is 5.73 Å². The molecule has 2 rings (SSSR count). The van der Waals surface area contributed by atoms with Crippen molar-refractivity contribution in [2.45, 2.75) is 47.0 Å². The number of nitrogens with zero attached hydrogens (tertiary/aromatic N) is 1. The van der Waals surface area contributed by atoms with Crippen LogP contribution in [0, 0.1) is 18.3 Å². The molecule has 1 aromatic carbocycles. The van der Waals surface area contributed by atoms with Gasteiger partial charge in [0.1, 0.15) is 0 Å². The molecule has 1 saturated heterocycles. The van der Waals surface area contributed by atoms with Gasteiger partial charge in [-0.3, -0.25) is 4.79 Å². The predicted octanol–water partition coefficient (Wildman–Crippen LogP) is 3.87. The van der Waals surface area contributed by atoms with Gasteiger partial charge in [0.05, 0.1) is 0 Å². The molecule has 1 amide bonds. The van der Waals surface area contributed by atoms with Crippen molar-refractivity contribution in [3.8, 4) is 0 Å². The van der Waals surface area contributed by atoms with E-state index in [2.05, 4.69) is 20.8 Å². The molecule has 0 aromatic heterocycles. The number of benzene rings is 1. The number of amides is 1. The van der Waals surface area contributed by atoms with Crippen molar-refractivity contribution in [3.63, 3.8) is 0 Å². The summed E-state index contributed by atoms with van der Waals surface area (Å²) < 4.78 is 0. The summed E-state index contributed by atoms with van der Waals surface area (Å²) in [6, 6.07) is 5.61. The van der Waals surface area contributed by atoms with Crippen molar-refractivity contribution in [2.24, 2.45) is 11.3 Å². The van der Waals surface area contributed by atoms with E-state index in [-0.39, 0.29) is 5.91 Å². The minimum absolute atomic E-state index is 0.134. The van der Waals surface area contributed by atoms with Crippen molar-refractivity contribution < 1.29 is 4.79 Å². The molecule has 0 spiro atoms. The molecule has 0 saturated carbocycles. The lowest BCUT2D eigenvalue weighted by Crippen LogP contribution is -2.33. The fourth-order valence-corrected chi connectivity index (χ4v) is 3.22. The first kappa shape index (κ1) is 15.9. The van der Waals surface area contributed by atoms with E-state index in [1.54, 1.807) is 0 Å². The molecule has 21 heavy (non-hydrogen) atoms. The molecule has 1 unspecified atom stereocenters. The number of anilines is 1. The van der Waals surface area contributed by atoms with Crippen LogP contribution in [0.5, 0.6) is 0 Å². The maximum atomic E-state index is 12.8. The lowest BCUT2D eigenvalue weighted by Gasteiger charge is -2.29. The third kappa shape index (κ3) is 3.58. The zero-order valence-electron chi connectivity index (χ0n) is 13.8.